The molecule has 1 aliphatic rings. The molecule has 1 fully saturated rings. The van der Waals surface area contributed by atoms with E-state index in [9.17, 15) is 13.2 Å². The topological polar surface area (TPSA) is 78.5 Å². The second-order valence-corrected chi connectivity index (χ2v) is 9.53. The van der Waals surface area contributed by atoms with Gasteiger partial charge in [-0.05, 0) is 88.4 Å². The first-order chi connectivity index (χ1) is 13.1. The van der Waals surface area contributed by atoms with Gasteiger partial charge in [0.05, 0.1) is 4.90 Å². The van der Waals surface area contributed by atoms with Crippen molar-refractivity contribution < 1.29 is 13.2 Å². The first-order valence-corrected chi connectivity index (χ1v) is 11.7. The fourth-order valence-electron chi connectivity index (χ4n) is 4.10. The molecule has 28 heavy (non-hydrogen) atoms. The molecular formula is C21H35N3O3S. The molecule has 0 aromatic heterocycles. The lowest BCUT2D eigenvalue weighted by Gasteiger charge is -2.23. The summed E-state index contributed by atoms with van der Waals surface area (Å²) in [7, 11) is -3.66. The molecular weight excluding hydrogens is 374 g/mol. The highest BCUT2D eigenvalue weighted by molar-refractivity contribution is 7.89. The van der Waals surface area contributed by atoms with E-state index in [0.29, 0.717) is 17.5 Å². The number of carbonyl (C=O) groups excluding carboxylic acids is 1. The molecule has 7 heteroatoms. The van der Waals surface area contributed by atoms with Gasteiger partial charge in [-0.25, -0.2) is 13.1 Å². The highest BCUT2D eigenvalue weighted by Gasteiger charge is 2.25. The van der Waals surface area contributed by atoms with Gasteiger partial charge in [-0.1, -0.05) is 6.92 Å². The molecule has 0 bridgehead atoms. The van der Waals surface area contributed by atoms with Crippen LogP contribution in [0, 0.1) is 34.6 Å². The number of nitrogens with zero attached hydrogens (tertiary/aromatic N) is 1. The standard InChI is InChI=1S/C21H35N3O3S/c1-7-24-12-8-9-19(24)13-22-20(25)10-11-23-28(26,27)21-17(5)15(3)14(2)16(4)18(21)6/h19,23H,7-13H2,1-6H3,(H,22,25). The van der Waals surface area contributed by atoms with Gasteiger partial charge in [-0.15, -0.1) is 0 Å². The largest absolute Gasteiger partial charge is 0.354 e. The van der Waals surface area contributed by atoms with Crippen molar-refractivity contribution in [3.05, 3.63) is 27.8 Å². The fourth-order valence-corrected chi connectivity index (χ4v) is 5.73. The predicted molar refractivity (Wildman–Crippen MR) is 113 cm³/mol. The Morgan fingerprint density at radius 1 is 1.04 bits per heavy atom. The number of amides is 1. The normalized spacial score (nSPS) is 17.9. The fraction of sp³-hybridized carbons (Fsp3) is 0.667. The molecule has 1 unspecified atom stereocenters. The number of likely N-dealkylation sites (N-methyl/N-ethyl adjacent to an activating group) is 1. The number of hydrogen-bond acceptors (Lipinski definition) is 4. The van der Waals surface area contributed by atoms with Crippen LogP contribution >= 0.6 is 0 Å². The van der Waals surface area contributed by atoms with Crippen molar-refractivity contribution in [2.75, 3.05) is 26.2 Å². The highest BCUT2D eigenvalue weighted by Crippen LogP contribution is 2.29. The first kappa shape index (κ1) is 22.8. The van der Waals surface area contributed by atoms with Crippen LogP contribution in [0.5, 0.6) is 0 Å². The Morgan fingerprint density at radius 2 is 1.61 bits per heavy atom. The van der Waals surface area contributed by atoms with Crippen LogP contribution < -0.4 is 10.0 Å². The lowest BCUT2D eigenvalue weighted by atomic mass is 9.95. The minimum atomic E-state index is -3.66. The molecule has 1 aliphatic heterocycles. The van der Waals surface area contributed by atoms with E-state index in [-0.39, 0.29) is 18.9 Å². The van der Waals surface area contributed by atoms with Crippen molar-refractivity contribution in [2.24, 2.45) is 0 Å². The zero-order chi connectivity index (χ0) is 21.1. The van der Waals surface area contributed by atoms with Gasteiger partial charge in [0, 0.05) is 25.6 Å². The summed E-state index contributed by atoms with van der Waals surface area (Å²) in [4.78, 5) is 14.9. The number of nitrogens with one attached hydrogen (secondary N) is 2. The minimum Gasteiger partial charge on any atom is -0.354 e. The first-order valence-electron chi connectivity index (χ1n) is 10.2. The Bertz CT molecular complexity index is 805. The van der Waals surface area contributed by atoms with Crippen molar-refractivity contribution in [3.63, 3.8) is 0 Å². The van der Waals surface area contributed by atoms with Crippen molar-refractivity contribution >= 4 is 15.9 Å². The van der Waals surface area contributed by atoms with Gasteiger partial charge >= 0.3 is 0 Å². The van der Waals surface area contributed by atoms with E-state index in [1.165, 1.54) is 6.42 Å². The Labute approximate surface area is 170 Å². The van der Waals surface area contributed by atoms with E-state index in [1.807, 2.05) is 34.6 Å². The maximum atomic E-state index is 12.9. The molecule has 0 saturated carbocycles. The lowest BCUT2D eigenvalue weighted by Crippen LogP contribution is -2.40. The van der Waals surface area contributed by atoms with Gasteiger partial charge in [-0.3, -0.25) is 9.69 Å². The van der Waals surface area contributed by atoms with E-state index >= 15 is 0 Å². The van der Waals surface area contributed by atoms with E-state index in [4.69, 9.17) is 0 Å². The number of likely N-dealkylation sites (tertiary alicyclic amines) is 1. The zero-order valence-electron chi connectivity index (χ0n) is 18.1. The summed E-state index contributed by atoms with van der Waals surface area (Å²) in [6, 6.07) is 0.398. The monoisotopic (exact) mass is 409 g/mol. The number of sulfonamides is 1. The van der Waals surface area contributed by atoms with Crippen LogP contribution in [0.4, 0.5) is 0 Å². The summed E-state index contributed by atoms with van der Waals surface area (Å²) in [6.07, 6.45) is 2.41. The Kier molecular flexibility index (Phi) is 7.65. The van der Waals surface area contributed by atoms with Crippen LogP contribution in [-0.2, 0) is 14.8 Å². The van der Waals surface area contributed by atoms with E-state index < -0.39 is 10.0 Å². The summed E-state index contributed by atoms with van der Waals surface area (Å²) in [5, 5.41) is 2.95. The second-order valence-electron chi connectivity index (χ2n) is 7.83. The quantitative estimate of drug-likeness (QED) is 0.691. The van der Waals surface area contributed by atoms with Crippen LogP contribution in [0.2, 0.25) is 0 Å². The molecule has 1 aromatic carbocycles. The lowest BCUT2D eigenvalue weighted by molar-refractivity contribution is -0.121. The van der Waals surface area contributed by atoms with Crippen molar-refractivity contribution in [3.8, 4) is 0 Å². The molecule has 0 spiro atoms. The highest BCUT2D eigenvalue weighted by atomic mass is 32.2. The molecule has 1 saturated heterocycles. The molecule has 1 amide bonds. The summed E-state index contributed by atoms with van der Waals surface area (Å²) in [6.45, 7) is 14.6. The number of rotatable bonds is 8. The third kappa shape index (κ3) is 4.93. The SMILES string of the molecule is CCN1CCCC1CNC(=O)CCNS(=O)(=O)c1c(C)c(C)c(C)c(C)c1C. The zero-order valence-corrected chi connectivity index (χ0v) is 18.9. The summed E-state index contributed by atoms with van der Waals surface area (Å²) in [5.41, 5.74) is 4.68. The molecule has 0 radical (unpaired) electrons. The maximum Gasteiger partial charge on any atom is 0.241 e. The van der Waals surface area contributed by atoms with E-state index in [2.05, 4.69) is 21.9 Å². The van der Waals surface area contributed by atoms with Crippen LogP contribution in [-0.4, -0.2) is 51.4 Å². The van der Waals surface area contributed by atoms with Gasteiger partial charge in [0.25, 0.3) is 0 Å². The van der Waals surface area contributed by atoms with E-state index in [1.54, 1.807) is 0 Å². The van der Waals surface area contributed by atoms with Gasteiger partial charge in [-0.2, -0.15) is 0 Å². The summed E-state index contributed by atoms with van der Waals surface area (Å²) >= 11 is 0. The molecule has 2 rings (SSSR count). The maximum absolute atomic E-state index is 12.9. The van der Waals surface area contributed by atoms with Crippen molar-refractivity contribution in [1.29, 1.82) is 0 Å². The van der Waals surface area contributed by atoms with Gasteiger partial charge < -0.3 is 5.32 Å². The molecule has 1 heterocycles. The van der Waals surface area contributed by atoms with E-state index in [0.717, 1.165) is 47.3 Å². The average Bonchev–Trinajstić information content (AvgIpc) is 3.10. The van der Waals surface area contributed by atoms with Crippen LogP contribution in [0.3, 0.4) is 0 Å². The minimum absolute atomic E-state index is 0.0984. The Morgan fingerprint density at radius 3 is 2.18 bits per heavy atom. The molecule has 1 atom stereocenters. The third-order valence-corrected chi connectivity index (χ3v) is 8.02. The molecule has 0 aliphatic carbocycles. The Balaban J connectivity index is 1.95. The predicted octanol–water partition coefficient (Wildman–Crippen LogP) is 2.50. The number of carbonyl (C=O) groups is 1. The second kappa shape index (κ2) is 9.37. The van der Waals surface area contributed by atoms with Crippen LogP contribution in [0.15, 0.2) is 4.90 Å². The van der Waals surface area contributed by atoms with Crippen molar-refractivity contribution in [2.45, 2.75) is 71.7 Å². The van der Waals surface area contributed by atoms with Gasteiger partial charge in [0.15, 0.2) is 0 Å². The van der Waals surface area contributed by atoms with Crippen LogP contribution in [0.25, 0.3) is 0 Å². The summed E-state index contributed by atoms with van der Waals surface area (Å²) < 4.78 is 28.4. The van der Waals surface area contributed by atoms with Crippen LogP contribution in [0.1, 0.15) is 54.0 Å². The average molecular weight is 410 g/mol. The van der Waals surface area contributed by atoms with Crippen molar-refractivity contribution in [1.82, 2.24) is 14.9 Å². The number of hydrogen-bond donors (Lipinski definition) is 2. The number of benzene rings is 1. The van der Waals surface area contributed by atoms with Gasteiger partial charge in [0.2, 0.25) is 15.9 Å². The molecule has 6 nitrogen and oxygen atoms in total. The molecule has 2 N–H and O–H groups in total. The Hall–Kier alpha value is -1.44. The smallest absolute Gasteiger partial charge is 0.241 e. The summed E-state index contributed by atoms with van der Waals surface area (Å²) in [5.74, 6) is -0.115. The third-order valence-electron chi connectivity index (χ3n) is 6.28. The van der Waals surface area contributed by atoms with Gasteiger partial charge in [0.1, 0.15) is 0 Å². The molecule has 158 valence electrons. The molecule has 1 aromatic rings.